The molecule has 5 nitrogen and oxygen atoms in total. The normalized spacial score (nSPS) is 13.5. The maximum atomic E-state index is 10.8. The molecule has 0 aliphatic rings. The maximum absolute atomic E-state index is 10.8. The van der Waals surface area contributed by atoms with Crippen LogP contribution in [0, 0.1) is 0 Å². The highest BCUT2D eigenvalue weighted by molar-refractivity contribution is 7.87. The molecule has 68 valence electrons. The minimum atomic E-state index is -3.33. The van der Waals surface area contributed by atoms with Crippen molar-refractivity contribution in [3.63, 3.8) is 0 Å². The number of nitrogens with two attached hydrogens (primary N) is 1. The zero-order valence-corrected chi connectivity index (χ0v) is 7.83. The fourth-order valence-electron chi connectivity index (χ4n) is 0.353. The van der Waals surface area contributed by atoms with Gasteiger partial charge in [0.25, 0.3) is 10.2 Å². The van der Waals surface area contributed by atoms with Crippen molar-refractivity contribution in [3.8, 4) is 0 Å². The van der Waals surface area contributed by atoms with Gasteiger partial charge in [-0.05, 0) is 13.8 Å². The number of hydrogen-bond acceptors (Lipinski definition) is 3. The van der Waals surface area contributed by atoms with Gasteiger partial charge in [-0.3, -0.25) is 0 Å². The Morgan fingerprint density at radius 1 is 1.45 bits per heavy atom. The molecule has 0 aliphatic carbocycles. The van der Waals surface area contributed by atoms with Crippen LogP contribution in [0.4, 0.5) is 0 Å². The molecule has 0 aliphatic heterocycles. The molecule has 0 fully saturated rings. The van der Waals surface area contributed by atoms with E-state index in [1.807, 2.05) is 0 Å². The third-order valence-electron chi connectivity index (χ3n) is 0.987. The molecule has 0 bridgehead atoms. The Bertz CT molecular complexity index is 204. The number of hydrogen-bond donors (Lipinski definition) is 3. The first-order valence-electron chi connectivity index (χ1n) is 3.24. The second-order valence-corrected chi connectivity index (χ2v) is 4.72. The van der Waals surface area contributed by atoms with Gasteiger partial charge < -0.3 is 5.73 Å². The van der Waals surface area contributed by atoms with Gasteiger partial charge in [-0.25, -0.2) is 9.44 Å². The largest absolute Gasteiger partial charge is 0.324 e. The van der Waals surface area contributed by atoms with Crippen molar-refractivity contribution >= 4 is 10.2 Å². The minimum Gasteiger partial charge on any atom is -0.324 e. The Balaban J connectivity index is 3.91. The van der Waals surface area contributed by atoms with Gasteiger partial charge in [0.15, 0.2) is 0 Å². The standard InChI is InChI=1S/C5H15N3O2S/c1-5(2,6)4-8-11(9,10)7-3/h7-8H,4,6H2,1-3H3. The van der Waals surface area contributed by atoms with E-state index in [-0.39, 0.29) is 6.54 Å². The molecule has 11 heavy (non-hydrogen) atoms. The summed E-state index contributed by atoms with van der Waals surface area (Å²) in [5.74, 6) is 0. The third kappa shape index (κ3) is 6.24. The van der Waals surface area contributed by atoms with Gasteiger partial charge >= 0.3 is 0 Å². The van der Waals surface area contributed by atoms with E-state index in [0.29, 0.717) is 0 Å². The van der Waals surface area contributed by atoms with E-state index in [9.17, 15) is 8.42 Å². The zero-order valence-electron chi connectivity index (χ0n) is 7.01. The van der Waals surface area contributed by atoms with Crippen LogP contribution in [-0.2, 0) is 10.2 Å². The summed E-state index contributed by atoms with van der Waals surface area (Å²) in [6, 6.07) is 0. The van der Waals surface area contributed by atoms with Gasteiger partial charge in [-0.15, -0.1) is 0 Å². The van der Waals surface area contributed by atoms with Crippen LogP contribution in [0.15, 0.2) is 0 Å². The van der Waals surface area contributed by atoms with Crippen molar-refractivity contribution in [1.29, 1.82) is 0 Å². The quantitative estimate of drug-likeness (QED) is 0.508. The van der Waals surface area contributed by atoms with Gasteiger partial charge in [-0.1, -0.05) is 0 Å². The monoisotopic (exact) mass is 181 g/mol. The average molecular weight is 181 g/mol. The lowest BCUT2D eigenvalue weighted by molar-refractivity contribution is 0.495. The van der Waals surface area contributed by atoms with E-state index in [1.165, 1.54) is 7.05 Å². The summed E-state index contributed by atoms with van der Waals surface area (Å²) in [6.07, 6.45) is 0. The maximum Gasteiger partial charge on any atom is 0.276 e. The van der Waals surface area contributed by atoms with Crippen molar-refractivity contribution in [3.05, 3.63) is 0 Å². The van der Waals surface area contributed by atoms with Crippen LogP contribution in [0.3, 0.4) is 0 Å². The predicted octanol–water partition coefficient (Wildman–Crippen LogP) is -1.22. The summed E-state index contributed by atoms with van der Waals surface area (Å²) in [5.41, 5.74) is 5.02. The molecule has 0 saturated carbocycles. The van der Waals surface area contributed by atoms with Gasteiger partial charge in [0.05, 0.1) is 0 Å². The first kappa shape index (κ1) is 10.8. The minimum absolute atomic E-state index is 0.218. The van der Waals surface area contributed by atoms with Crippen LogP contribution >= 0.6 is 0 Å². The van der Waals surface area contributed by atoms with Crippen molar-refractivity contribution in [2.24, 2.45) is 5.73 Å². The third-order valence-corrected chi connectivity index (χ3v) is 2.05. The average Bonchev–Trinajstić information content (AvgIpc) is 1.83. The van der Waals surface area contributed by atoms with E-state index in [0.717, 1.165) is 0 Å². The fraction of sp³-hybridized carbons (Fsp3) is 1.00. The van der Waals surface area contributed by atoms with Gasteiger partial charge in [0.1, 0.15) is 0 Å². The van der Waals surface area contributed by atoms with E-state index >= 15 is 0 Å². The van der Waals surface area contributed by atoms with E-state index in [1.54, 1.807) is 13.8 Å². The smallest absolute Gasteiger partial charge is 0.276 e. The Labute approximate surface area is 67.5 Å². The Kier molecular flexibility index (Phi) is 3.43. The second kappa shape index (κ2) is 3.48. The van der Waals surface area contributed by atoms with Crippen molar-refractivity contribution in [1.82, 2.24) is 9.44 Å². The lowest BCUT2D eigenvalue weighted by Crippen LogP contribution is -2.47. The van der Waals surface area contributed by atoms with E-state index in [4.69, 9.17) is 5.73 Å². The first-order valence-corrected chi connectivity index (χ1v) is 4.72. The molecule has 6 heteroatoms. The molecule has 0 aromatic rings. The van der Waals surface area contributed by atoms with Crippen LogP contribution in [0.25, 0.3) is 0 Å². The molecule has 0 heterocycles. The van der Waals surface area contributed by atoms with Crippen LogP contribution in [0.1, 0.15) is 13.8 Å². The molecular weight excluding hydrogens is 166 g/mol. The SMILES string of the molecule is CNS(=O)(=O)NCC(C)(C)N. The summed E-state index contributed by atoms with van der Waals surface area (Å²) in [4.78, 5) is 0. The highest BCUT2D eigenvalue weighted by atomic mass is 32.2. The topological polar surface area (TPSA) is 84.2 Å². The van der Waals surface area contributed by atoms with Crippen molar-refractivity contribution in [2.75, 3.05) is 13.6 Å². The molecule has 0 saturated heterocycles. The first-order chi connectivity index (χ1) is 4.77. The van der Waals surface area contributed by atoms with Crippen LogP contribution in [-0.4, -0.2) is 27.5 Å². The summed E-state index contributed by atoms with van der Waals surface area (Å²) < 4.78 is 25.9. The molecule has 4 N–H and O–H groups in total. The van der Waals surface area contributed by atoms with Crippen LogP contribution < -0.4 is 15.2 Å². The summed E-state index contributed by atoms with van der Waals surface area (Å²) >= 11 is 0. The molecule has 0 aromatic carbocycles. The number of rotatable bonds is 4. The van der Waals surface area contributed by atoms with Gasteiger partial charge in [0, 0.05) is 19.1 Å². The van der Waals surface area contributed by atoms with Crippen LogP contribution in [0.2, 0.25) is 0 Å². The van der Waals surface area contributed by atoms with Crippen molar-refractivity contribution < 1.29 is 8.42 Å². The van der Waals surface area contributed by atoms with E-state index in [2.05, 4.69) is 9.44 Å². The molecule has 0 radical (unpaired) electrons. The fourth-order valence-corrected chi connectivity index (χ4v) is 1.06. The molecule has 0 atom stereocenters. The highest BCUT2D eigenvalue weighted by Crippen LogP contribution is 1.93. The van der Waals surface area contributed by atoms with Crippen molar-refractivity contribution in [2.45, 2.75) is 19.4 Å². The highest BCUT2D eigenvalue weighted by Gasteiger charge is 2.14. The second-order valence-electron chi connectivity index (χ2n) is 3.02. The molecule has 0 aromatic heterocycles. The molecule has 0 unspecified atom stereocenters. The Morgan fingerprint density at radius 2 is 1.91 bits per heavy atom. The molecular formula is C5H15N3O2S. The summed E-state index contributed by atoms with van der Waals surface area (Å²) in [6.45, 7) is 3.70. The predicted molar refractivity (Wildman–Crippen MR) is 44.2 cm³/mol. The molecule has 0 rings (SSSR count). The van der Waals surface area contributed by atoms with Crippen LogP contribution in [0.5, 0.6) is 0 Å². The zero-order chi connectivity index (χ0) is 9.12. The van der Waals surface area contributed by atoms with E-state index < -0.39 is 15.7 Å². The summed E-state index contributed by atoms with van der Waals surface area (Å²) in [5, 5.41) is 0. The lowest BCUT2D eigenvalue weighted by Gasteiger charge is -2.18. The Morgan fingerprint density at radius 3 is 2.18 bits per heavy atom. The van der Waals surface area contributed by atoms with Gasteiger partial charge in [0.2, 0.25) is 0 Å². The Hall–Kier alpha value is -0.170. The molecule has 0 spiro atoms. The molecule has 0 amide bonds. The lowest BCUT2D eigenvalue weighted by atomic mass is 10.1. The number of nitrogens with one attached hydrogen (secondary N) is 2. The van der Waals surface area contributed by atoms with Gasteiger partial charge in [-0.2, -0.15) is 8.42 Å². The summed E-state index contributed by atoms with van der Waals surface area (Å²) in [7, 11) is -1.99.